The van der Waals surface area contributed by atoms with Gasteiger partial charge in [0.2, 0.25) is 0 Å². The fourth-order valence-corrected chi connectivity index (χ4v) is 3.49. The molecule has 0 radical (unpaired) electrons. The van der Waals surface area contributed by atoms with Crippen LogP contribution in [0.4, 0.5) is 11.4 Å². The first-order chi connectivity index (χ1) is 11.3. The molecule has 0 spiro atoms. The standard InChI is InChI=1S/C20H26N2S/c1-3-5-7-12-19(4-2)23-20-15-13-18(14-16-20)22-21-17-10-8-6-9-11-17/h6,8-11,13-16,19H,3-5,7,12H2,1-2H3. The molecule has 23 heavy (non-hydrogen) atoms. The molecule has 0 amide bonds. The number of hydrogen-bond acceptors (Lipinski definition) is 3. The molecule has 2 nitrogen and oxygen atoms in total. The van der Waals surface area contributed by atoms with E-state index >= 15 is 0 Å². The molecule has 0 saturated carbocycles. The van der Waals surface area contributed by atoms with Crippen LogP contribution in [0.3, 0.4) is 0 Å². The van der Waals surface area contributed by atoms with Crippen LogP contribution in [0.1, 0.15) is 46.0 Å². The molecule has 0 fully saturated rings. The molecular weight excluding hydrogens is 300 g/mol. The van der Waals surface area contributed by atoms with Gasteiger partial charge in [0, 0.05) is 10.1 Å². The van der Waals surface area contributed by atoms with E-state index in [4.69, 9.17) is 0 Å². The highest BCUT2D eigenvalue weighted by Crippen LogP contribution is 2.30. The van der Waals surface area contributed by atoms with Gasteiger partial charge in [0.05, 0.1) is 11.4 Å². The zero-order chi connectivity index (χ0) is 16.3. The fraction of sp³-hybridized carbons (Fsp3) is 0.400. The van der Waals surface area contributed by atoms with Crippen LogP contribution in [-0.4, -0.2) is 5.25 Å². The Labute approximate surface area is 144 Å². The maximum Gasteiger partial charge on any atom is 0.0857 e. The molecule has 1 unspecified atom stereocenters. The number of thioether (sulfide) groups is 1. The second-order valence-electron chi connectivity index (χ2n) is 5.67. The van der Waals surface area contributed by atoms with Crippen LogP contribution < -0.4 is 0 Å². The molecule has 0 bridgehead atoms. The Bertz CT molecular complexity index is 578. The third-order valence-electron chi connectivity index (χ3n) is 3.76. The minimum Gasteiger partial charge on any atom is -0.151 e. The van der Waals surface area contributed by atoms with Crippen molar-refractivity contribution in [3.63, 3.8) is 0 Å². The third kappa shape index (κ3) is 6.57. The highest BCUT2D eigenvalue weighted by Gasteiger charge is 2.07. The summed E-state index contributed by atoms with van der Waals surface area (Å²) in [5.41, 5.74) is 1.78. The topological polar surface area (TPSA) is 24.7 Å². The number of hydrogen-bond donors (Lipinski definition) is 0. The van der Waals surface area contributed by atoms with Gasteiger partial charge in [-0.3, -0.25) is 0 Å². The van der Waals surface area contributed by atoms with Crippen molar-refractivity contribution in [1.29, 1.82) is 0 Å². The molecule has 0 aromatic heterocycles. The van der Waals surface area contributed by atoms with E-state index in [-0.39, 0.29) is 0 Å². The van der Waals surface area contributed by atoms with E-state index in [2.05, 4.69) is 36.2 Å². The second-order valence-corrected chi connectivity index (χ2v) is 7.05. The summed E-state index contributed by atoms with van der Waals surface area (Å²) in [6, 6.07) is 18.2. The average Bonchev–Trinajstić information content (AvgIpc) is 2.61. The van der Waals surface area contributed by atoms with E-state index < -0.39 is 0 Å². The van der Waals surface area contributed by atoms with Crippen LogP contribution in [-0.2, 0) is 0 Å². The van der Waals surface area contributed by atoms with E-state index in [1.807, 2.05) is 54.2 Å². The molecule has 0 aliphatic rings. The summed E-state index contributed by atoms with van der Waals surface area (Å²) in [6.45, 7) is 4.54. The number of unbranched alkanes of at least 4 members (excludes halogenated alkanes) is 2. The van der Waals surface area contributed by atoms with Crippen molar-refractivity contribution >= 4 is 23.1 Å². The molecule has 0 aliphatic heterocycles. The molecule has 3 heteroatoms. The molecule has 0 N–H and O–H groups in total. The summed E-state index contributed by atoms with van der Waals surface area (Å²) in [5, 5.41) is 9.27. The average molecular weight is 327 g/mol. The first-order valence-electron chi connectivity index (χ1n) is 8.55. The predicted octanol–water partition coefficient (Wildman–Crippen LogP) is 7.55. The highest BCUT2D eigenvalue weighted by molar-refractivity contribution is 8.00. The minimum atomic E-state index is 0.721. The molecule has 0 aliphatic carbocycles. The van der Waals surface area contributed by atoms with Gasteiger partial charge in [-0.2, -0.15) is 10.2 Å². The molecular formula is C20H26N2S. The predicted molar refractivity (Wildman–Crippen MR) is 101 cm³/mol. The van der Waals surface area contributed by atoms with Gasteiger partial charge >= 0.3 is 0 Å². The van der Waals surface area contributed by atoms with Crippen LogP contribution >= 0.6 is 11.8 Å². The van der Waals surface area contributed by atoms with Crippen molar-refractivity contribution in [2.45, 2.75) is 56.1 Å². The zero-order valence-electron chi connectivity index (χ0n) is 14.1. The quantitative estimate of drug-likeness (QED) is 0.265. The fourth-order valence-electron chi connectivity index (χ4n) is 2.36. The minimum absolute atomic E-state index is 0.721. The monoisotopic (exact) mass is 326 g/mol. The molecule has 0 heterocycles. The SMILES string of the molecule is CCCCCC(CC)Sc1ccc(N=Nc2ccccc2)cc1. The van der Waals surface area contributed by atoms with E-state index in [1.54, 1.807) is 0 Å². The summed E-state index contributed by atoms with van der Waals surface area (Å²) in [6.07, 6.45) is 6.51. The molecule has 2 rings (SSSR count). The van der Waals surface area contributed by atoms with Gasteiger partial charge in [-0.25, -0.2) is 0 Å². The van der Waals surface area contributed by atoms with Crippen LogP contribution in [0.2, 0.25) is 0 Å². The van der Waals surface area contributed by atoms with Crippen molar-refractivity contribution in [1.82, 2.24) is 0 Å². The van der Waals surface area contributed by atoms with Gasteiger partial charge in [0.15, 0.2) is 0 Å². The Morgan fingerprint density at radius 2 is 1.48 bits per heavy atom. The molecule has 2 aromatic rings. The Morgan fingerprint density at radius 1 is 0.826 bits per heavy atom. The van der Waals surface area contributed by atoms with Crippen molar-refractivity contribution < 1.29 is 0 Å². The lowest BCUT2D eigenvalue weighted by Gasteiger charge is -2.14. The lowest BCUT2D eigenvalue weighted by molar-refractivity contribution is 0.635. The maximum absolute atomic E-state index is 4.29. The van der Waals surface area contributed by atoms with E-state index in [0.29, 0.717) is 0 Å². The third-order valence-corrected chi connectivity index (χ3v) is 5.21. The van der Waals surface area contributed by atoms with Gasteiger partial charge in [-0.05, 0) is 49.2 Å². The second kappa shape index (κ2) is 10.2. The summed E-state index contributed by atoms with van der Waals surface area (Å²) >= 11 is 1.99. The van der Waals surface area contributed by atoms with Crippen molar-refractivity contribution in [2.75, 3.05) is 0 Å². The Hall–Kier alpha value is -1.61. The van der Waals surface area contributed by atoms with Crippen molar-refractivity contribution in [2.24, 2.45) is 10.2 Å². The van der Waals surface area contributed by atoms with Crippen molar-refractivity contribution in [3.05, 3.63) is 54.6 Å². The van der Waals surface area contributed by atoms with Crippen LogP contribution in [0.15, 0.2) is 69.7 Å². The van der Waals surface area contributed by atoms with E-state index in [9.17, 15) is 0 Å². The summed E-state index contributed by atoms with van der Waals surface area (Å²) < 4.78 is 0. The molecule has 122 valence electrons. The smallest absolute Gasteiger partial charge is 0.0857 e. The highest BCUT2D eigenvalue weighted by atomic mass is 32.2. The van der Waals surface area contributed by atoms with Gasteiger partial charge in [0.25, 0.3) is 0 Å². The van der Waals surface area contributed by atoms with E-state index in [0.717, 1.165) is 16.6 Å². The van der Waals surface area contributed by atoms with Gasteiger partial charge in [-0.1, -0.05) is 51.3 Å². The number of azo groups is 1. The van der Waals surface area contributed by atoms with Crippen molar-refractivity contribution in [3.8, 4) is 0 Å². The van der Waals surface area contributed by atoms with Crippen LogP contribution in [0.25, 0.3) is 0 Å². The summed E-state index contributed by atoms with van der Waals surface area (Å²) in [4.78, 5) is 1.33. The maximum atomic E-state index is 4.29. The largest absolute Gasteiger partial charge is 0.151 e. The van der Waals surface area contributed by atoms with Gasteiger partial charge < -0.3 is 0 Å². The summed E-state index contributed by atoms with van der Waals surface area (Å²) in [7, 11) is 0. The Balaban J connectivity index is 1.89. The summed E-state index contributed by atoms with van der Waals surface area (Å²) in [5.74, 6) is 0. The Kier molecular flexibility index (Phi) is 7.88. The zero-order valence-corrected chi connectivity index (χ0v) is 14.9. The van der Waals surface area contributed by atoms with Crippen LogP contribution in [0.5, 0.6) is 0 Å². The number of rotatable bonds is 9. The van der Waals surface area contributed by atoms with E-state index in [1.165, 1.54) is 37.0 Å². The first kappa shape index (κ1) is 17.7. The van der Waals surface area contributed by atoms with Crippen LogP contribution in [0, 0.1) is 0 Å². The lowest BCUT2D eigenvalue weighted by Crippen LogP contribution is -2.00. The normalized spacial score (nSPS) is 12.6. The number of benzene rings is 2. The Morgan fingerprint density at radius 3 is 2.09 bits per heavy atom. The number of nitrogens with zero attached hydrogens (tertiary/aromatic N) is 2. The molecule has 2 aromatic carbocycles. The molecule has 0 saturated heterocycles. The lowest BCUT2D eigenvalue weighted by atomic mass is 10.1. The van der Waals surface area contributed by atoms with Gasteiger partial charge in [0.1, 0.15) is 0 Å². The first-order valence-corrected chi connectivity index (χ1v) is 9.43. The molecule has 1 atom stereocenters. The van der Waals surface area contributed by atoms with Gasteiger partial charge in [-0.15, -0.1) is 11.8 Å².